The summed E-state index contributed by atoms with van der Waals surface area (Å²) in [4.78, 5) is 5.69. The third kappa shape index (κ3) is 2.96. The predicted molar refractivity (Wildman–Crippen MR) is 76.3 cm³/mol. The molecule has 0 fully saturated rings. The molecule has 1 atom stereocenters. The Morgan fingerprint density at radius 2 is 2.17 bits per heavy atom. The van der Waals surface area contributed by atoms with Crippen LogP contribution in [-0.4, -0.2) is 4.98 Å². The van der Waals surface area contributed by atoms with Gasteiger partial charge in [0.05, 0.1) is 10.7 Å². The van der Waals surface area contributed by atoms with Crippen molar-refractivity contribution in [1.82, 2.24) is 4.98 Å². The summed E-state index contributed by atoms with van der Waals surface area (Å²) in [6.45, 7) is 4.05. The van der Waals surface area contributed by atoms with Gasteiger partial charge in [-0.15, -0.1) is 11.3 Å². The van der Waals surface area contributed by atoms with Crippen molar-refractivity contribution >= 4 is 27.3 Å². The van der Waals surface area contributed by atoms with Gasteiger partial charge in [0.15, 0.2) is 0 Å². The fraction of sp³-hybridized carbons (Fsp3) is 0.308. The Balaban J connectivity index is 2.19. The van der Waals surface area contributed by atoms with E-state index in [1.54, 1.807) is 17.4 Å². The van der Waals surface area contributed by atoms with Crippen LogP contribution in [0.15, 0.2) is 22.7 Å². The lowest BCUT2D eigenvalue weighted by Gasteiger charge is -2.12. The molecule has 1 aromatic heterocycles. The van der Waals surface area contributed by atoms with E-state index in [4.69, 9.17) is 5.73 Å². The number of halogens is 2. The van der Waals surface area contributed by atoms with E-state index in [0.29, 0.717) is 10.9 Å². The van der Waals surface area contributed by atoms with Gasteiger partial charge in [-0.3, -0.25) is 0 Å². The molecule has 0 bridgehead atoms. The Labute approximate surface area is 118 Å². The Bertz CT molecular complexity index is 549. The number of nitrogens with two attached hydrogens (primary N) is 1. The van der Waals surface area contributed by atoms with Crippen molar-refractivity contribution in [2.45, 2.75) is 26.3 Å². The van der Waals surface area contributed by atoms with Gasteiger partial charge in [-0.1, -0.05) is 22.0 Å². The van der Waals surface area contributed by atoms with Gasteiger partial charge < -0.3 is 5.73 Å². The normalized spacial score (nSPS) is 12.7. The summed E-state index contributed by atoms with van der Waals surface area (Å²) in [5, 5.41) is 1.02. The number of hydrogen-bond acceptors (Lipinski definition) is 3. The van der Waals surface area contributed by atoms with E-state index in [9.17, 15) is 4.39 Å². The largest absolute Gasteiger partial charge is 0.324 e. The van der Waals surface area contributed by atoms with Gasteiger partial charge in [-0.25, -0.2) is 9.37 Å². The average molecular weight is 329 g/mol. The van der Waals surface area contributed by atoms with E-state index in [1.807, 2.05) is 6.92 Å². The van der Waals surface area contributed by atoms with Crippen molar-refractivity contribution in [2.75, 3.05) is 0 Å². The van der Waals surface area contributed by atoms with E-state index < -0.39 is 0 Å². The summed E-state index contributed by atoms with van der Waals surface area (Å²) in [6.07, 6.45) is 0.670. The minimum atomic E-state index is -0.265. The number of aromatic nitrogens is 1. The van der Waals surface area contributed by atoms with Crippen molar-refractivity contribution in [3.63, 3.8) is 0 Å². The highest BCUT2D eigenvalue weighted by Gasteiger charge is 2.14. The van der Waals surface area contributed by atoms with Gasteiger partial charge in [-0.05, 0) is 31.5 Å². The standard InChI is InChI=1S/C13H14BrFN2S/c1-7-8(2)18-13(17-7)6-12(16)10-4-3-9(15)5-11(10)14/h3-5,12H,6,16H2,1-2H3. The highest BCUT2D eigenvalue weighted by molar-refractivity contribution is 9.10. The summed E-state index contributed by atoms with van der Waals surface area (Å²) in [6, 6.07) is 4.41. The topological polar surface area (TPSA) is 38.9 Å². The maximum absolute atomic E-state index is 13.0. The molecule has 1 unspecified atom stereocenters. The molecule has 5 heteroatoms. The number of thiazole rings is 1. The van der Waals surface area contributed by atoms with Gasteiger partial charge >= 0.3 is 0 Å². The zero-order valence-corrected chi connectivity index (χ0v) is 12.6. The quantitative estimate of drug-likeness (QED) is 0.927. The van der Waals surface area contributed by atoms with Crippen LogP contribution in [0.1, 0.15) is 27.2 Å². The van der Waals surface area contributed by atoms with Crippen molar-refractivity contribution in [3.05, 3.63) is 49.6 Å². The molecule has 0 saturated heterocycles. The Morgan fingerprint density at radius 1 is 1.44 bits per heavy atom. The highest BCUT2D eigenvalue weighted by Crippen LogP contribution is 2.27. The molecule has 1 aromatic carbocycles. The first-order valence-electron chi connectivity index (χ1n) is 5.61. The molecule has 2 N–H and O–H groups in total. The lowest BCUT2D eigenvalue weighted by atomic mass is 10.1. The number of nitrogens with zero attached hydrogens (tertiary/aromatic N) is 1. The van der Waals surface area contributed by atoms with E-state index in [0.717, 1.165) is 16.3 Å². The Kier molecular flexibility index (Phi) is 4.14. The Hall–Kier alpha value is -0.780. The molecule has 0 aliphatic carbocycles. The molecule has 0 amide bonds. The maximum Gasteiger partial charge on any atom is 0.124 e. The van der Waals surface area contributed by atoms with Gasteiger partial charge in [0.1, 0.15) is 5.82 Å². The van der Waals surface area contributed by atoms with E-state index in [1.165, 1.54) is 17.0 Å². The van der Waals surface area contributed by atoms with Gasteiger partial charge in [0, 0.05) is 21.8 Å². The maximum atomic E-state index is 13.0. The molecule has 2 rings (SSSR count). The minimum absolute atomic E-state index is 0.176. The lowest BCUT2D eigenvalue weighted by Crippen LogP contribution is -2.14. The van der Waals surface area contributed by atoms with Crippen molar-refractivity contribution in [2.24, 2.45) is 5.73 Å². The van der Waals surface area contributed by atoms with Gasteiger partial charge in [-0.2, -0.15) is 0 Å². The summed E-state index contributed by atoms with van der Waals surface area (Å²) < 4.78 is 13.7. The minimum Gasteiger partial charge on any atom is -0.324 e. The molecule has 2 nitrogen and oxygen atoms in total. The molecule has 0 radical (unpaired) electrons. The van der Waals surface area contributed by atoms with Crippen LogP contribution in [0.2, 0.25) is 0 Å². The number of hydrogen-bond donors (Lipinski definition) is 1. The van der Waals surface area contributed by atoms with Crippen molar-refractivity contribution in [3.8, 4) is 0 Å². The smallest absolute Gasteiger partial charge is 0.124 e. The van der Waals surface area contributed by atoms with Crippen LogP contribution < -0.4 is 5.73 Å². The molecule has 18 heavy (non-hydrogen) atoms. The molecule has 0 aliphatic heterocycles. The SMILES string of the molecule is Cc1nc(CC(N)c2ccc(F)cc2Br)sc1C. The zero-order chi connectivity index (χ0) is 13.3. The van der Waals surface area contributed by atoms with Crippen LogP contribution in [0.25, 0.3) is 0 Å². The van der Waals surface area contributed by atoms with Gasteiger partial charge in [0.25, 0.3) is 0 Å². The summed E-state index contributed by atoms with van der Waals surface area (Å²) in [5.41, 5.74) is 8.11. The average Bonchev–Trinajstić information content (AvgIpc) is 2.57. The van der Waals surface area contributed by atoms with Crippen LogP contribution in [0.3, 0.4) is 0 Å². The first-order valence-corrected chi connectivity index (χ1v) is 7.21. The summed E-state index contributed by atoms with van der Waals surface area (Å²) >= 11 is 5.01. The molecular weight excluding hydrogens is 315 g/mol. The zero-order valence-electron chi connectivity index (χ0n) is 10.2. The molecule has 1 heterocycles. The highest BCUT2D eigenvalue weighted by atomic mass is 79.9. The molecule has 96 valence electrons. The second kappa shape index (κ2) is 5.47. The van der Waals surface area contributed by atoms with Crippen LogP contribution in [0.5, 0.6) is 0 Å². The van der Waals surface area contributed by atoms with Crippen LogP contribution in [0.4, 0.5) is 4.39 Å². The third-order valence-corrected chi connectivity index (χ3v) is 4.61. The predicted octanol–water partition coefficient (Wildman–Crippen LogP) is 3.90. The van der Waals surface area contributed by atoms with Crippen LogP contribution in [0, 0.1) is 19.7 Å². The fourth-order valence-electron chi connectivity index (χ4n) is 1.73. The summed E-state index contributed by atoms with van der Waals surface area (Å²) in [7, 11) is 0. The monoisotopic (exact) mass is 328 g/mol. The van der Waals surface area contributed by atoms with E-state index in [2.05, 4.69) is 27.8 Å². The van der Waals surface area contributed by atoms with Crippen LogP contribution in [-0.2, 0) is 6.42 Å². The van der Waals surface area contributed by atoms with E-state index >= 15 is 0 Å². The van der Waals surface area contributed by atoms with E-state index in [-0.39, 0.29) is 11.9 Å². The third-order valence-electron chi connectivity index (χ3n) is 2.83. The molecule has 0 spiro atoms. The molecule has 2 aromatic rings. The fourth-order valence-corrected chi connectivity index (χ4v) is 3.36. The second-order valence-electron chi connectivity index (χ2n) is 4.23. The van der Waals surface area contributed by atoms with Crippen LogP contribution >= 0.6 is 27.3 Å². The van der Waals surface area contributed by atoms with Crippen molar-refractivity contribution in [1.29, 1.82) is 0 Å². The molecular formula is C13H14BrFN2S. The molecule has 0 saturated carbocycles. The first kappa shape index (κ1) is 13.6. The van der Waals surface area contributed by atoms with Gasteiger partial charge in [0.2, 0.25) is 0 Å². The number of rotatable bonds is 3. The van der Waals surface area contributed by atoms with Crippen molar-refractivity contribution < 1.29 is 4.39 Å². The number of benzene rings is 1. The summed E-state index contributed by atoms with van der Waals surface area (Å²) in [5.74, 6) is -0.265. The molecule has 0 aliphatic rings. The number of aryl methyl sites for hydroxylation is 2. The lowest BCUT2D eigenvalue weighted by molar-refractivity contribution is 0.622. The Morgan fingerprint density at radius 3 is 2.72 bits per heavy atom. The second-order valence-corrected chi connectivity index (χ2v) is 6.37. The first-order chi connectivity index (χ1) is 8.47.